The van der Waals surface area contributed by atoms with E-state index in [2.05, 4.69) is 31.5 Å². The van der Waals surface area contributed by atoms with Gasteiger partial charge < -0.3 is 20.9 Å². The van der Waals surface area contributed by atoms with Crippen LogP contribution in [0.25, 0.3) is 0 Å². The van der Waals surface area contributed by atoms with Crippen LogP contribution in [0.15, 0.2) is 24.3 Å². The van der Waals surface area contributed by atoms with Crippen LogP contribution in [0, 0.1) is 0 Å². The number of anilines is 2. The molecular weight excluding hydrogens is 479 g/mol. The van der Waals surface area contributed by atoms with Gasteiger partial charge in [0.1, 0.15) is 6.04 Å². The highest BCUT2D eigenvalue weighted by Gasteiger charge is 2.45. The maximum Gasteiger partial charge on any atom is 0.429 e. The molecule has 7 N–H and O–H groups in total. The number of carboxylic acid groups (broad SMARTS) is 1. The lowest BCUT2D eigenvalue weighted by Gasteiger charge is -2.36. The van der Waals surface area contributed by atoms with Crippen molar-refractivity contribution in [2.75, 3.05) is 17.7 Å². The van der Waals surface area contributed by atoms with Crippen molar-refractivity contribution in [2.24, 2.45) is 0 Å². The number of carbonyl (C=O) groups is 1. The Hall–Kier alpha value is -3.16. The highest BCUT2D eigenvalue weighted by atomic mass is 19.4. The van der Waals surface area contributed by atoms with Gasteiger partial charge in [0.25, 0.3) is 0 Å². The van der Waals surface area contributed by atoms with E-state index < -0.39 is 24.3 Å². The predicted molar refractivity (Wildman–Crippen MR) is 124 cm³/mol. The molecule has 5 rings (SSSR count). The van der Waals surface area contributed by atoms with Crippen molar-refractivity contribution in [3.05, 3.63) is 41.1 Å². The molecule has 10 nitrogen and oxygen atoms in total. The molecule has 0 amide bonds. The lowest BCUT2D eigenvalue weighted by Crippen LogP contribution is -2.46. The maximum absolute atomic E-state index is 14.1. The third kappa shape index (κ3) is 5.04. The van der Waals surface area contributed by atoms with Crippen molar-refractivity contribution < 1.29 is 27.8 Å². The Morgan fingerprint density at radius 1 is 1.22 bits per heavy atom. The Morgan fingerprint density at radius 3 is 2.69 bits per heavy atom. The van der Waals surface area contributed by atoms with Gasteiger partial charge in [-0.05, 0) is 49.8 Å². The first-order chi connectivity index (χ1) is 17.1. The Balaban J connectivity index is 1.33. The van der Waals surface area contributed by atoms with Crippen molar-refractivity contribution >= 4 is 17.6 Å². The molecule has 3 heterocycles. The van der Waals surface area contributed by atoms with Gasteiger partial charge in [-0.25, -0.2) is 10.4 Å². The second-order valence-electron chi connectivity index (χ2n) is 9.64. The van der Waals surface area contributed by atoms with Crippen LogP contribution in [0.3, 0.4) is 0 Å². The lowest BCUT2D eigenvalue weighted by molar-refractivity contribution is -0.198. The summed E-state index contributed by atoms with van der Waals surface area (Å²) in [5.74, 6) is -1.36. The van der Waals surface area contributed by atoms with Crippen molar-refractivity contribution in [2.45, 2.75) is 68.4 Å². The zero-order valence-electron chi connectivity index (χ0n) is 19.4. The van der Waals surface area contributed by atoms with Gasteiger partial charge in [-0.2, -0.15) is 18.2 Å². The average molecular weight is 508 g/mol. The molecule has 2 aromatic rings. The monoisotopic (exact) mass is 507 g/mol. The maximum atomic E-state index is 14.1. The highest BCUT2D eigenvalue weighted by Crippen LogP contribution is 2.43. The van der Waals surface area contributed by atoms with Gasteiger partial charge in [0.05, 0.1) is 12.4 Å². The normalized spacial score (nSPS) is 26.8. The zero-order chi connectivity index (χ0) is 25.5. The number of fused-ring (bicyclic) bond motifs is 1. The number of benzene rings is 1. The Morgan fingerprint density at radius 2 is 2.00 bits per heavy atom. The fourth-order valence-corrected chi connectivity index (χ4v) is 5.30. The van der Waals surface area contributed by atoms with Gasteiger partial charge >= 0.3 is 12.1 Å². The van der Waals surface area contributed by atoms with Gasteiger partial charge in [0, 0.05) is 35.3 Å². The number of nitrogens with one attached hydrogen (secondary N) is 4. The third-order valence-corrected chi connectivity index (χ3v) is 7.19. The summed E-state index contributed by atoms with van der Waals surface area (Å²) in [4.78, 5) is 19.5. The van der Waals surface area contributed by atoms with Crippen LogP contribution >= 0.6 is 0 Å². The molecule has 0 unspecified atom stereocenters. The van der Waals surface area contributed by atoms with Crippen LogP contribution in [-0.4, -0.2) is 45.5 Å². The number of nitrogens with two attached hydrogens (primary N) is 1. The van der Waals surface area contributed by atoms with Crippen LogP contribution in [0.5, 0.6) is 5.88 Å². The SMILES string of the molecule is Nc1nc(O[C@H](c2ccc3c(c2)CNCN3)C(F)(F)F)cc(C2CCC3(CC2)C[C@@H](C(=O)O)NN3)n1. The lowest BCUT2D eigenvalue weighted by atomic mass is 9.74. The van der Waals surface area contributed by atoms with E-state index in [9.17, 15) is 23.1 Å². The van der Waals surface area contributed by atoms with E-state index in [0.29, 0.717) is 51.0 Å². The van der Waals surface area contributed by atoms with E-state index in [1.54, 1.807) is 6.07 Å². The van der Waals surface area contributed by atoms with Gasteiger partial charge in [-0.15, -0.1) is 0 Å². The van der Waals surface area contributed by atoms with Gasteiger partial charge in [0.2, 0.25) is 17.9 Å². The molecule has 1 saturated heterocycles. The molecule has 2 aliphatic heterocycles. The smallest absolute Gasteiger partial charge is 0.429 e. The molecule has 1 aromatic heterocycles. The summed E-state index contributed by atoms with van der Waals surface area (Å²) in [7, 11) is 0. The molecule has 1 spiro atoms. The molecule has 1 saturated carbocycles. The molecular formula is C23H28F3N7O3. The van der Waals surface area contributed by atoms with Crippen LogP contribution in [0.1, 0.15) is 60.9 Å². The number of carboxylic acids is 1. The average Bonchev–Trinajstić information content (AvgIpc) is 3.25. The second-order valence-corrected chi connectivity index (χ2v) is 9.64. The van der Waals surface area contributed by atoms with Gasteiger partial charge in [0.15, 0.2) is 0 Å². The number of halogens is 3. The number of aliphatic carboxylic acids is 1. The fraction of sp³-hybridized carbons (Fsp3) is 0.522. The second kappa shape index (κ2) is 9.37. The molecule has 0 bridgehead atoms. The van der Waals surface area contributed by atoms with Crippen LogP contribution in [0.4, 0.5) is 24.8 Å². The molecule has 2 fully saturated rings. The number of hydrogen-bond donors (Lipinski definition) is 6. The molecule has 0 radical (unpaired) electrons. The summed E-state index contributed by atoms with van der Waals surface area (Å²) >= 11 is 0. The number of alkyl halides is 3. The predicted octanol–water partition coefficient (Wildman–Crippen LogP) is 2.56. The number of aromatic nitrogens is 2. The Labute approximate surface area is 205 Å². The molecule has 194 valence electrons. The first-order valence-corrected chi connectivity index (χ1v) is 11.8. The minimum Gasteiger partial charge on any atom is -0.480 e. The summed E-state index contributed by atoms with van der Waals surface area (Å²) in [5.41, 5.74) is 13.5. The Bertz CT molecular complexity index is 1140. The van der Waals surface area contributed by atoms with E-state index in [1.807, 2.05) is 0 Å². The standard InChI is InChI=1S/C23H28F3N7O3/c24-23(25,26)19(13-1-2-15-14(7-13)10-28-11-29-15)36-18-8-16(30-21(27)31-18)12-3-5-22(6-4-12)9-17(20(34)35)32-33-22/h1-2,7-8,12,17,19,28-29,32-33H,3-6,9-11H2,(H,34,35)(H2,27,30,31)/t12?,17-,19+,22?/m0/s1. The molecule has 1 aliphatic carbocycles. The quantitative estimate of drug-likeness (QED) is 0.357. The molecule has 13 heteroatoms. The first-order valence-electron chi connectivity index (χ1n) is 11.8. The van der Waals surface area contributed by atoms with Crippen molar-refractivity contribution in [1.82, 2.24) is 26.1 Å². The van der Waals surface area contributed by atoms with Crippen LogP contribution in [0.2, 0.25) is 0 Å². The van der Waals surface area contributed by atoms with Crippen LogP contribution in [-0.2, 0) is 11.3 Å². The van der Waals surface area contributed by atoms with E-state index in [-0.39, 0.29) is 28.8 Å². The largest absolute Gasteiger partial charge is 0.480 e. The van der Waals surface area contributed by atoms with E-state index >= 15 is 0 Å². The van der Waals surface area contributed by atoms with Crippen molar-refractivity contribution in [3.8, 4) is 5.88 Å². The number of nitrogens with zero attached hydrogens (tertiary/aromatic N) is 2. The topological polar surface area (TPSA) is 146 Å². The summed E-state index contributed by atoms with van der Waals surface area (Å²) in [6, 6.07) is 5.27. The number of rotatable bonds is 5. The number of hydrogen-bond acceptors (Lipinski definition) is 9. The summed E-state index contributed by atoms with van der Waals surface area (Å²) in [6.45, 7) is 0.996. The number of nitrogen functional groups attached to an aromatic ring is 1. The zero-order valence-corrected chi connectivity index (χ0v) is 19.4. The minimum atomic E-state index is -4.68. The molecule has 3 aliphatic rings. The van der Waals surface area contributed by atoms with Crippen molar-refractivity contribution in [3.63, 3.8) is 0 Å². The number of hydrazine groups is 1. The minimum absolute atomic E-state index is 0.0297. The Kier molecular flexibility index (Phi) is 6.39. The summed E-state index contributed by atoms with van der Waals surface area (Å²) < 4.78 is 47.6. The van der Waals surface area contributed by atoms with Gasteiger partial charge in [-0.3, -0.25) is 15.5 Å². The highest BCUT2D eigenvalue weighted by molar-refractivity contribution is 5.74. The van der Waals surface area contributed by atoms with E-state index in [1.165, 1.54) is 18.2 Å². The van der Waals surface area contributed by atoms with E-state index in [0.717, 1.165) is 11.3 Å². The molecule has 1 aromatic carbocycles. The third-order valence-electron chi connectivity index (χ3n) is 7.19. The van der Waals surface area contributed by atoms with Crippen LogP contribution < -0.4 is 32.0 Å². The fourth-order valence-electron chi connectivity index (χ4n) is 5.30. The van der Waals surface area contributed by atoms with Gasteiger partial charge in [-0.1, -0.05) is 6.07 Å². The summed E-state index contributed by atoms with van der Waals surface area (Å²) in [6.07, 6.45) is -3.71. The van der Waals surface area contributed by atoms with E-state index in [4.69, 9.17) is 10.5 Å². The molecule has 2 atom stereocenters. The molecule has 36 heavy (non-hydrogen) atoms. The first kappa shape index (κ1) is 24.5. The number of ether oxygens (including phenoxy) is 1. The summed E-state index contributed by atoms with van der Waals surface area (Å²) in [5, 5.41) is 15.4. The van der Waals surface area contributed by atoms with Crippen molar-refractivity contribution in [1.29, 1.82) is 0 Å².